The SMILES string of the molecule is N[C@H]1CCc2ccccc2N[C@@H]1OC(F)(F)F. The molecule has 1 aromatic rings. The summed E-state index contributed by atoms with van der Waals surface area (Å²) in [6.07, 6.45) is -4.83. The average molecular weight is 246 g/mol. The minimum Gasteiger partial charge on any atom is -0.358 e. The van der Waals surface area contributed by atoms with Gasteiger partial charge >= 0.3 is 6.36 Å². The molecular weight excluding hydrogens is 233 g/mol. The van der Waals surface area contributed by atoms with Crippen molar-refractivity contribution in [3.63, 3.8) is 0 Å². The summed E-state index contributed by atoms with van der Waals surface area (Å²) < 4.78 is 40.6. The normalized spacial score (nSPS) is 24.7. The van der Waals surface area contributed by atoms with Crippen molar-refractivity contribution in [2.24, 2.45) is 5.73 Å². The fourth-order valence-electron chi connectivity index (χ4n) is 1.87. The van der Waals surface area contributed by atoms with Crippen molar-refractivity contribution < 1.29 is 17.9 Å². The van der Waals surface area contributed by atoms with E-state index >= 15 is 0 Å². The molecule has 0 bridgehead atoms. The highest BCUT2D eigenvalue weighted by Gasteiger charge is 2.37. The Morgan fingerprint density at radius 1 is 1.29 bits per heavy atom. The average Bonchev–Trinajstić information content (AvgIpc) is 2.38. The van der Waals surface area contributed by atoms with Crippen LogP contribution in [-0.4, -0.2) is 18.6 Å². The van der Waals surface area contributed by atoms with E-state index in [4.69, 9.17) is 5.73 Å². The smallest absolute Gasteiger partial charge is 0.358 e. The van der Waals surface area contributed by atoms with Gasteiger partial charge in [0.25, 0.3) is 0 Å². The first-order chi connectivity index (χ1) is 7.96. The standard InChI is InChI=1S/C11H13F3N2O/c12-11(13,14)17-10-8(15)6-5-7-3-1-2-4-9(7)16-10/h1-4,8,10,16H,5-6,15H2/t8-,10+/m0/s1. The second-order valence-electron chi connectivity index (χ2n) is 3.99. The molecule has 1 aliphatic heterocycles. The van der Waals surface area contributed by atoms with Gasteiger partial charge in [0.05, 0.1) is 6.04 Å². The third kappa shape index (κ3) is 3.10. The van der Waals surface area contributed by atoms with Crippen molar-refractivity contribution >= 4 is 5.69 Å². The van der Waals surface area contributed by atoms with Gasteiger partial charge < -0.3 is 11.1 Å². The predicted molar refractivity (Wildman–Crippen MR) is 57.3 cm³/mol. The van der Waals surface area contributed by atoms with E-state index in [-0.39, 0.29) is 0 Å². The molecule has 1 aliphatic rings. The number of alkyl halides is 3. The molecule has 0 radical (unpaired) electrons. The molecule has 0 unspecified atom stereocenters. The lowest BCUT2D eigenvalue weighted by Gasteiger charge is -2.24. The summed E-state index contributed by atoms with van der Waals surface area (Å²) in [5.41, 5.74) is 7.28. The predicted octanol–water partition coefficient (Wildman–Crippen LogP) is 2.23. The molecule has 2 rings (SSSR count). The first-order valence-corrected chi connectivity index (χ1v) is 5.30. The fourth-order valence-corrected chi connectivity index (χ4v) is 1.87. The van der Waals surface area contributed by atoms with Crippen molar-refractivity contribution in [3.05, 3.63) is 29.8 Å². The van der Waals surface area contributed by atoms with Gasteiger partial charge in [0.2, 0.25) is 0 Å². The quantitative estimate of drug-likeness (QED) is 0.798. The van der Waals surface area contributed by atoms with E-state index in [2.05, 4.69) is 10.1 Å². The summed E-state index contributed by atoms with van der Waals surface area (Å²) in [7, 11) is 0. The topological polar surface area (TPSA) is 47.3 Å². The Kier molecular flexibility index (Phi) is 3.26. The van der Waals surface area contributed by atoms with Crippen LogP contribution in [0.2, 0.25) is 0 Å². The van der Waals surface area contributed by atoms with E-state index in [1.807, 2.05) is 12.1 Å². The number of para-hydroxylation sites is 1. The number of halogens is 3. The van der Waals surface area contributed by atoms with E-state index in [0.717, 1.165) is 5.56 Å². The second kappa shape index (κ2) is 4.54. The highest BCUT2D eigenvalue weighted by Crippen LogP contribution is 2.27. The zero-order valence-electron chi connectivity index (χ0n) is 9.00. The van der Waals surface area contributed by atoms with Gasteiger partial charge in [-0.25, -0.2) is 0 Å². The molecule has 1 heterocycles. The van der Waals surface area contributed by atoms with Gasteiger partial charge in [-0.1, -0.05) is 18.2 Å². The molecule has 17 heavy (non-hydrogen) atoms. The first kappa shape index (κ1) is 12.2. The lowest BCUT2D eigenvalue weighted by molar-refractivity contribution is -0.340. The number of benzene rings is 1. The van der Waals surface area contributed by atoms with E-state index in [0.29, 0.717) is 18.5 Å². The monoisotopic (exact) mass is 246 g/mol. The number of nitrogens with one attached hydrogen (secondary N) is 1. The van der Waals surface area contributed by atoms with Crippen LogP contribution in [0.3, 0.4) is 0 Å². The van der Waals surface area contributed by atoms with E-state index in [1.54, 1.807) is 12.1 Å². The Hall–Kier alpha value is -1.27. The summed E-state index contributed by atoms with van der Waals surface area (Å²) in [4.78, 5) is 0. The lowest BCUT2D eigenvalue weighted by Crippen LogP contribution is -2.44. The molecular formula is C11H13F3N2O. The van der Waals surface area contributed by atoms with Gasteiger partial charge in [-0.2, -0.15) is 0 Å². The van der Waals surface area contributed by atoms with Gasteiger partial charge in [-0.15, -0.1) is 13.2 Å². The van der Waals surface area contributed by atoms with Crippen molar-refractivity contribution in [1.29, 1.82) is 0 Å². The maximum absolute atomic E-state index is 12.2. The van der Waals surface area contributed by atoms with Crippen LogP contribution in [0.5, 0.6) is 0 Å². The van der Waals surface area contributed by atoms with Crippen molar-refractivity contribution in [2.45, 2.75) is 31.5 Å². The van der Waals surface area contributed by atoms with Crippen LogP contribution < -0.4 is 11.1 Å². The third-order valence-electron chi connectivity index (χ3n) is 2.71. The molecule has 0 saturated heterocycles. The number of ether oxygens (including phenoxy) is 1. The van der Waals surface area contributed by atoms with E-state index in [9.17, 15) is 13.2 Å². The summed E-state index contributed by atoms with van der Waals surface area (Å²) in [6, 6.07) is 6.50. The molecule has 6 heteroatoms. The number of aryl methyl sites for hydroxylation is 1. The van der Waals surface area contributed by atoms with Gasteiger partial charge in [0.1, 0.15) is 0 Å². The van der Waals surface area contributed by atoms with Crippen LogP contribution in [-0.2, 0) is 11.2 Å². The van der Waals surface area contributed by atoms with Crippen LogP contribution in [0.25, 0.3) is 0 Å². The van der Waals surface area contributed by atoms with Crippen molar-refractivity contribution in [2.75, 3.05) is 5.32 Å². The zero-order chi connectivity index (χ0) is 12.5. The molecule has 0 spiro atoms. The maximum atomic E-state index is 12.2. The van der Waals surface area contributed by atoms with E-state index < -0.39 is 18.6 Å². The summed E-state index contributed by atoms with van der Waals surface area (Å²) >= 11 is 0. The number of anilines is 1. The molecule has 94 valence electrons. The van der Waals surface area contributed by atoms with Gasteiger partial charge in [-0.05, 0) is 24.5 Å². The Labute approximate surface area is 96.8 Å². The van der Waals surface area contributed by atoms with Gasteiger partial charge in [-0.3, -0.25) is 4.74 Å². The van der Waals surface area contributed by atoms with Crippen LogP contribution in [0.15, 0.2) is 24.3 Å². The number of rotatable bonds is 1. The summed E-state index contributed by atoms with van der Waals surface area (Å²) in [5.74, 6) is 0. The Morgan fingerprint density at radius 2 is 2.00 bits per heavy atom. The summed E-state index contributed by atoms with van der Waals surface area (Å²) in [6.45, 7) is 0. The second-order valence-corrected chi connectivity index (χ2v) is 3.99. The highest BCUT2D eigenvalue weighted by molar-refractivity contribution is 5.52. The fraction of sp³-hybridized carbons (Fsp3) is 0.455. The number of hydrogen-bond acceptors (Lipinski definition) is 3. The maximum Gasteiger partial charge on any atom is 0.524 e. The lowest BCUT2D eigenvalue weighted by atomic mass is 10.1. The van der Waals surface area contributed by atoms with Crippen molar-refractivity contribution in [1.82, 2.24) is 0 Å². The Balaban J connectivity index is 2.18. The van der Waals surface area contributed by atoms with E-state index in [1.165, 1.54) is 0 Å². The zero-order valence-corrected chi connectivity index (χ0v) is 9.00. The van der Waals surface area contributed by atoms with Crippen LogP contribution >= 0.6 is 0 Å². The molecule has 0 fully saturated rings. The minimum atomic E-state index is -4.69. The van der Waals surface area contributed by atoms with Crippen molar-refractivity contribution in [3.8, 4) is 0 Å². The number of nitrogens with two attached hydrogens (primary N) is 1. The molecule has 0 aliphatic carbocycles. The molecule has 1 aromatic carbocycles. The van der Waals surface area contributed by atoms with Crippen LogP contribution in [0.1, 0.15) is 12.0 Å². The molecule has 0 saturated carbocycles. The Morgan fingerprint density at radius 3 is 2.71 bits per heavy atom. The molecule has 0 aromatic heterocycles. The largest absolute Gasteiger partial charge is 0.524 e. The number of fused-ring (bicyclic) bond motifs is 1. The highest BCUT2D eigenvalue weighted by atomic mass is 19.4. The first-order valence-electron chi connectivity index (χ1n) is 5.30. The van der Waals surface area contributed by atoms with Gasteiger partial charge in [0.15, 0.2) is 6.23 Å². The molecule has 2 atom stereocenters. The minimum absolute atomic E-state index is 0.449. The molecule has 0 amide bonds. The van der Waals surface area contributed by atoms with Crippen LogP contribution in [0.4, 0.5) is 18.9 Å². The summed E-state index contributed by atoms with van der Waals surface area (Å²) in [5, 5.41) is 2.70. The van der Waals surface area contributed by atoms with Gasteiger partial charge in [0, 0.05) is 5.69 Å². The Bertz CT molecular complexity index is 395. The third-order valence-corrected chi connectivity index (χ3v) is 2.71. The van der Waals surface area contributed by atoms with Crippen LogP contribution in [0, 0.1) is 0 Å². The molecule has 3 N–H and O–H groups in total. The number of hydrogen-bond donors (Lipinski definition) is 2. The molecule has 3 nitrogen and oxygen atoms in total.